The standard InChI is InChI=1S/C48H78NO11P/c1-2-3-4-5-6-7-8-9-10-11-12-14-17-20-23-26-29-32-35-38-46(51)57-41-44(42-58-61(55,56)59-43-45(49)48(53)54)60-47(52)39-36-33-30-27-24-21-18-15-13-16-19-22-25-28-31-34-37-40-50/h6-7,9-10,12-14,16,18,20-23,25,27,30,44-45,50H,2-5,8,11,15,17,19,24,26,28-29,31-43,49H2,1H3,(H,53,54)(H,55,56)/b7-6-,10-9-,14-12-,16-13-,21-18-,23-20-,25-22-,30-27-/t44-,45+/m1/s1. The van der Waals surface area contributed by atoms with Gasteiger partial charge in [0.05, 0.1) is 13.2 Å². The molecule has 0 saturated heterocycles. The van der Waals surface area contributed by atoms with Crippen LogP contribution in [0.1, 0.15) is 148 Å². The Morgan fingerprint density at radius 1 is 0.541 bits per heavy atom. The van der Waals surface area contributed by atoms with E-state index in [0.717, 1.165) is 83.5 Å². The molecular formula is C48H78NO11P. The van der Waals surface area contributed by atoms with Gasteiger partial charge in [0, 0.05) is 19.4 Å². The Morgan fingerprint density at radius 2 is 0.951 bits per heavy atom. The third-order valence-corrected chi connectivity index (χ3v) is 9.81. The number of nitrogens with two attached hydrogens (primary N) is 1. The molecule has 0 heterocycles. The molecule has 5 N–H and O–H groups in total. The van der Waals surface area contributed by atoms with Gasteiger partial charge in [0.25, 0.3) is 0 Å². The fraction of sp³-hybridized carbons (Fsp3) is 0.604. The molecule has 12 nitrogen and oxygen atoms in total. The molecule has 0 aliphatic heterocycles. The average Bonchev–Trinajstić information content (AvgIpc) is 3.24. The number of unbranched alkanes of at least 4 members (excludes halogenated alkanes) is 10. The number of carboxylic acid groups (broad SMARTS) is 1. The number of aliphatic hydroxyl groups is 1. The lowest BCUT2D eigenvalue weighted by Crippen LogP contribution is -2.34. The second-order valence-corrected chi connectivity index (χ2v) is 16.0. The normalized spacial score (nSPS) is 14.6. The second kappa shape index (κ2) is 43.0. The van der Waals surface area contributed by atoms with E-state index in [1.165, 1.54) is 25.7 Å². The van der Waals surface area contributed by atoms with Crippen molar-refractivity contribution in [2.75, 3.05) is 26.4 Å². The predicted molar refractivity (Wildman–Crippen MR) is 246 cm³/mol. The molecule has 0 aromatic rings. The molecule has 0 saturated carbocycles. The molecule has 0 aliphatic carbocycles. The Balaban J connectivity index is 4.52. The summed E-state index contributed by atoms with van der Waals surface area (Å²) in [5.41, 5.74) is 5.33. The van der Waals surface area contributed by atoms with Crippen LogP contribution in [0.5, 0.6) is 0 Å². The topological polar surface area (TPSA) is 192 Å². The molecular weight excluding hydrogens is 797 g/mol. The first-order chi connectivity index (χ1) is 29.6. The van der Waals surface area contributed by atoms with Crippen molar-refractivity contribution in [3.05, 3.63) is 97.2 Å². The van der Waals surface area contributed by atoms with Crippen LogP contribution in [0, 0.1) is 0 Å². The summed E-state index contributed by atoms with van der Waals surface area (Å²) in [7, 11) is -4.75. The maximum atomic E-state index is 12.6. The minimum Gasteiger partial charge on any atom is -0.480 e. The highest BCUT2D eigenvalue weighted by molar-refractivity contribution is 7.47. The molecule has 0 aromatic heterocycles. The minimum absolute atomic E-state index is 0.0622. The number of rotatable bonds is 41. The quantitative estimate of drug-likeness (QED) is 0.0197. The summed E-state index contributed by atoms with van der Waals surface area (Å²) in [6, 6.07) is -1.54. The monoisotopic (exact) mass is 876 g/mol. The molecule has 0 amide bonds. The van der Waals surface area contributed by atoms with Crippen molar-refractivity contribution in [1.82, 2.24) is 0 Å². The zero-order valence-corrected chi connectivity index (χ0v) is 37.8. The van der Waals surface area contributed by atoms with Crippen molar-refractivity contribution in [1.29, 1.82) is 0 Å². The van der Waals surface area contributed by atoms with Crippen molar-refractivity contribution < 1.29 is 52.6 Å². The molecule has 0 rings (SSSR count). The third-order valence-electron chi connectivity index (χ3n) is 8.86. The van der Waals surface area contributed by atoms with Gasteiger partial charge in [-0.15, -0.1) is 0 Å². The Bertz CT molecular complexity index is 1400. The Morgan fingerprint density at radius 3 is 1.41 bits per heavy atom. The maximum Gasteiger partial charge on any atom is 0.472 e. The van der Waals surface area contributed by atoms with Crippen molar-refractivity contribution in [2.45, 2.75) is 160 Å². The van der Waals surface area contributed by atoms with Crippen LogP contribution in [0.4, 0.5) is 0 Å². The van der Waals surface area contributed by atoms with Crippen LogP contribution >= 0.6 is 7.82 Å². The highest BCUT2D eigenvalue weighted by Crippen LogP contribution is 2.43. The summed E-state index contributed by atoms with van der Waals surface area (Å²) in [6.07, 6.45) is 52.0. The number of aliphatic carboxylic acids is 1. The first-order valence-corrected chi connectivity index (χ1v) is 23.9. The Kier molecular flexibility index (Phi) is 40.5. The number of phosphoric acid groups is 1. The van der Waals surface area contributed by atoms with Crippen molar-refractivity contribution in [3.63, 3.8) is 0 Å². The van der Waals surface area contributed by atoms with E-state index < -0.39 is 57.7 Å². The van der Waals surface area contributed by atoms with Gasteiger partial charge in [-0.3, -0.25) is 23.4 Å². The number of hydrogen-bond acceptors (Lipinski definition) is 10. The lowest BCUT2D eigenvalue weighted by Gasteiger charge is -2.20. The number of hydrogen-bond donors (Lipinski definition) is 4. The fourth-order valence-corrected chi connectivity index (χ4v) is 6.09. The van der Waals surface area contributed by atoms with Gasteiger partial charge in [-0.25, -0.2) is 4.57 Å². The Labute approximate surface area is 367 Å². The SMILES string of the molecule is CCCCC/C=C\C/C=C\C/C=C\C/C=C\CCCCCC(=O)OC[C@H](COP(=O)(O)OC[C@H](N)C(=O)O)OC(=O)CCC/C=C\C/C=C\C/C=C\C/C=C\CCCCCO. The van der Waals surface area contributed by atoms with Crippen molar-refractivity contribution >= 4 is 25.7 Å². The number of phosphoric ester groups is 1. The van der Waals surface area contributed by atoms with Gasteiger partial charge in [0.2, 0.25) is 0 Å². The zero-order valence-electron chi connectivity index (χ0n) is 36.9. The van der Waals surface area contributed by atoms with Crippen LogP contribution in [0.2, 0.25) is 0 Å². The van der Waals surface area contributed by atoms with Gasteiger partial charge >= 0.3 is 25.7 Å². The van der Waals surface area contributed by atoms with Gasteiger partial charge in [-0.05, 0) is 103 Å². The maximum absolute atomic E-state index is 12.6. The summed E-state index contributed by atoms with van der Waals surface area (Å²) in [6.45, 7) is 0.672. The van der Waals surface area contributed by atoms with E-state index in [2.05, 4.69) is 96.5 Å². The summed E-state index contributed by atoms with van der Waals surface area (Å²) in [4.78, 5) is 46.0. The predicted octanol–water partition coefficient (Wildman–Crippen LogP) is 11.0. The zero-order chi connectivity index (χ0) is 44.9. The Hall–Kier alpha value is -3.64. The molecule has 0 radical (unpaired) electrons. The van der Waals surface area contributed by atoms with Crippen LogP contribution in [-0.4, -0.2) is 71.6 Å². The second-order valence-electron chi connectivity index (χ2n) is 14.5. The summed E-state index contributed by atoms with van der Waals surface area (Å²) in [5.74, 6) is -2.52. The molecule has 13 heteroatoms. The fourth-order valence-electron chi connectivity index (χ4n) is 5.31. The number of allylic oxidation sites excluding steroid dienone is 16. The van der Waals surface area contributed by atoms with Crippen LogP contribution in [0.25, 0.3) is 0 Å². The first kappa shape index (κ1) is 57.4. The lowest BCUT2D eigenvalue weighted by atomic mass is 10.1. The van der Waals surface area contributed by atoms with Crippen LogP contribution in [0.15, 0.2) is 97.2 Å². The molecule has 346 valence electrons. The number of carboxylic acids is 1. The molecule has 61 heavy (non-hydrogen) atoms. The van der Waals surface area contributed by atoms with Gasteiger partial charge in [0.15, 0.2) is 6.10 Å². The van der Waals surface area contributed by atoms with Crippen molar-refractivity contribution in [2.24, 2.45) is 5.73 Å². The molecule has 1 unspecified atom stereocenters. The smallest absolute Gasteiger partial charge is 0.472 e. The van der Waals surface area contributed by atoms with E-state index in [0.29, 0.717) is 19.3 Å². The largest absolute Gasteiger partial charge is 0.480 e. The number of esters is 2. The lowest BCUT2D eigenvalue weighted by molar-refractivity contribution is -0.161. The van der Waals surface area contributed by atoms with Crippen LogP contribution < -0.4 is 5.73 Å². The van der Waals surface area contributed by atoms with E-state index in [1.54, 1.807) is 0 Å². The summed E-state index contributed by atoms with van der Waals surface area (Å²) in [5, 5.41) is 17.7. The van der Waals surface area contributed by atoms with Gasteiger partial charge in [0.1, 0.15) is 12.6 Å². The van der Waals surface area contributed by atoms with Gasteiger partial charge in [-0.1, -0.05) is 130 Å². The third kappa shape index (κ3) is 42.8. The van der Waals surface area contributed by atoms with E-state index in [1.807, 2.05) is 12.2 Å². The van der Waals surface area contributed by atoms with Crippen LogP contribution in [-0.2, 0) is 37.5 Å². The molecule has 3 atom stereocenters. The molecule has 0 fully saturated rings. The van der Waals surface area contributed by atoms with E-state index in [-0.39, 0.29) is 19.4 Å². The average molecular weight is 876 g/mol. The minimum atomic E-state index is -4.75. The molecule has 0 aliphatic rings. The molecule has 0 bridgehead atoms. The van der Waals surface area contributed by atoms with E-state index in [4.69, 9.17) is 29.9 Å². The number of carbonyl (C=O) groups is 3. The molecule has 0 aromatic carbocycles. The number of aliphatic hydroxyl groups excluding tert-OH is 1. The number of carbonyl (C=O) groups excluding carboxylic acids is 2. The first-order valence-electron chi connectivity index (χ1n) is 22.4. The van der Waals surface area contributed by atoms with E-state index in [9.17, 15) is 23.8 Å². The van der Waals surface area contributed by atoms with Crippen LogP contribution in [0.3, 0.4) is 0 Å². The summed E-state index contributed by atoms with van der Waals surface area (Å²) < 4.78 is 32.6. The molecule has 0 spiro atoms. The highest BCUT2D eigenvalue weighted by Gasteiger charge is 2.28. The van der Waals surface area contributed by atoms with Gasteiger partial charge in [-0.2, -0.15) is 0 Å². The summed E-state index contributed by atoms with van der Waals surface area (Å²) >= 11 is 0. The van der Waals surface area contributed by atoms with E-state index >= 15 is 0 Å². The number of ether oxygens (including phenoxy) is 2. The van der Waals surface area contributed by atoms with Gasteiger partial charge < -0.3 is 30.3 Å². The highest BCUT2D eigenvalue weighted by atomic mass is 31.2. The van der Waals surface area contributed by atoms with Crippen molar-refractivity contribution in [3.8, 4) is 0 Å².